The van der Waals surface area contributed by atoms with Gasteiger partial charge in [0.2, 0.25) is 5.91 Å². The molecule has 0 rings (SSSR count). The number of phosphoric ester groups is 1. The maximum atomic E-state index is 13.7. The fourth-order valence-corrected chi connectivity index (χ4v) is 12.0. The van der Waals surface area contributed by atoms with E-state index in [2.05, 4.69) is 111 Å². The first-order valence-corrected chi connectivity index (χ1v) is 40.6. The molecule has 0 fully saturated rings. The van der Waals surface area contributed by atoms with Gasteiger partial charge < -0.3 is 19.4 Å². The van der Waals surface area contributed by atoms with Crippen LogP contribution in [0.1, 0.15) is 361 Å². The molecule has 1 amide bonds. The number of nitrogens with zero attached hydrogens (tertiary/aromatic N) is 1. The van der Waals surface area contributed by atoms with E-state index < -0.39 is 20.0 Å². The Morgan fingerprint density at radius 3 is 1.07 bits per heavy atom. The Kier molecular flexibility index (Phi) is 68.4. The molecule has 0 spiro atoms. The van der Waals surface area contributed by atoms with Crippen molar-refractivity contribution >= 4 is 19.7 Å². The summed E-state index contributed by atoms with van der Waals surface area (Å²) in [6.07, 6.45) is 97.2. The first kappa shape index (κ1) is 88.9. The lowest BCUT2D eigenvalue weighted by atomic mass is 10.0. The number of unbranched alkanes of at least 4 members (excludes halogenated alkanes) is 41. The summed E-state index contributed by atoms with van der Waals surface area (Å²) in [7, 11) is 1.50. The number of likely N-dealkylation sites (N-methyl/N-ethyl adjacent to an activating group) is 1. The predicted octanol–water partition coefficient (Wildman–Crippen LogP) is 25.4. The first-order chi connectivity index (χ1) is 44.9. The van der Waals surface area contributed by atoms with Crippen LogP contribution in [0.4, 0.5) is 0 Å². The van der Waals surface area contributed by atoms with Crippen LogP contribution in [0.15, 0.2) is 97.2 Å². The monoisotopic (exact) mass is 1310 g/mol. The van der Waals surface area contributed by atoms with Crippen molar-refractivity contribution in [1.82, 2.24) is 5.32 Å². The van der Waals surface area contributed by atoms with Gasteiger partial charge in [-0.05, 0) is 109 Å². The zero-order valence-corrected chi connectivity index (χ0v) is 62.2. The van der Waals surface area contributed by atoms with Crippen LogP contribution in [-0.4, -0.2) is 74.3 Å². The highest BCUT2D eigenvalue weighted by Crippen LogP contribution is 2.43. The second kappa shape index (κ2) is 70.7. The second-order valence-corrected chi connectivity index (χ2v) is 29.0. The third-order valence-corrected chi connectivity index (χ3v) is 18.2. The Morgan fingerprint density at radius 2 is 0.696 bits per heavy atom. The number of quaternary nitrogens is 1. The zero-order valence-electron chi connectivity index (χ0n) is 61.3. The van der Waals surface area contributed by atoms with Gasteiger partial charge in [-0.15, -0.1) is 0 Å². The molecule has 0 aromatic heterocycles. The van der Waals surface area contributed by atoms with E-state index in [9.17, 15) is 19.0 Å². The Hall–Kier alpha value is -3.07. The minimum atomic E-state index is -4.46. The Bertz CT molecular complexity index is 1900. The van der Waals surface area contributed by atoms with E-state index in [4.69, 9.17) is 13.8 Å². The van der Waals surface area contributed by atoms with Crippen LogP contribution >= 0.6 is 7.82 Å². The van der Waals surface area contributed by atoms with Gasteiger partial charge in [0.15, 0.2) is 0 Å². The average Bonchev–Trinajstić information content (AvgIpc) is 3.69. The molecule has 0 aliphatic carbocycles. The smallest absolute Gasteiger partial charge is 0.456 e. The molecule has 0 aromatic rings. The van der Waals surface area contributed by atoms with Gasteiger partial charge in [-0.3, -0.25) is 18.6 Å². The molecule has 3 atom stereocenters. The SMILES string of the molecule is CC/C=C\C/C=C\C/C=C\C/C=C\C/C=C\CCCCCCCCCCCCCC(=O)NC(COP(=O)(O)OCC[N+](C)(C)C)C(/C=C/CCCCCCCCCCCC)OC(=O)CCCCCCCCCCCCCCCCCCC/C=C\C/C=C\CCCCC. The second-order valence-electron chi connectivity index (χ2n) is 27.5. The highest BCUT2D eigenvalue weighted by molar-refractivity contribution is 7.47. The van der Waals surface area contributed by atoms with Gasteiger partial charge in [0.05, 0.1) is 33.8 Å². The van der Waals surface area contributed by atoms with Crippen LogP contribution in [0, 0.1) is 0 Å². The fraction of sp³-hybridized carbons (Fsp3) is 0.780. The van der Waals surface area contributed by atoms with Gasteiger partial charge in [0, 0.05) is 12.8 Å². The number of amides is 1. The molecule has 2 N–H and O–H groups in total. The summed E-state index contributed by atoms with van der Waals surface area (Å²) in [5, 5.41) is 3.08. The van der Waals surface area contributed by atoms with E-state index in [0.717, 1.165) is 96.3 Å². The summed E-state index contributed by atoms with van der Waals surface area (Å²) in [5.74, 6) is -0.498. The lowest BCUT2D eigenvalue weighted by Crippen LogP contribution is -2.47. The van der Waals surface area contributed by atoms with Gasteiger partial charge in [-0.25, -0.2) is 4.57 Å². The number of phosphoric acid groups is 1. The van der Waals surface area contributed by atoms with Crippen LogP contribution in [0.3, 0.4) is 0 Å². The van der Waals surface area contributed by atoms with E-state index in [-0.39, 0.29) is 25.1 Å². The minimum Gasteiger partial charge on any atom is -0.456 e. The number of rotatable bonds is 71. The van der Waals surface area contributed by atoms with Crippen molar-refractivity contribution in [3.63, 3.8) is 0 Å². The van der Waals surface area contributed by atoms with Crippen molar-refractivity contribution in [2.75, 3.05) is 40.9 Å². The zero-order chi connectivity index (χ0) is 67.0. The molecule has 0 saturated carbocycles. The normalized spacial score (nSPS) is 13.9. The third kappa shape index (κ3) is 71.2. The summed E-state index contributed by atoms with van der Waals surface area (Å²) < 4.78 is 30.9. The number of ether oxygens (including phenoxy) is 1. The summed E-state index contributed by atoms with van der Waals surface area (Å²) in [6, 6.07) is -0.855. The summed E-state index contributed by atoms with van der Waals surface area (Å²) in [5.41, 5.74) is 0. The van der Waals surface area contributed by atoms with Crippen molar-refractivity contribution < 1.29 is 37.3 Å². The molecular weight excluding hydrogens is 1160 g/mol. The van der Waals surface area contributed by atoms with E-state index >= 15 is 0 Å². The van der Waals surface area contributed by atoms with Crippen LogP contribution < -0.4 is 5.32 Å². The van der Waals surface area contributed by atoms with Crippen LogP contribution in [0.25, 0.3) is 0 Å². The number of carbonyl (C=O) groups excluding carboxylic acids is 2. The molecule has 10 heteroatoms. The van der Waals surface area contributed by atoms with Crippen LogP contribution in [0.2, 0.25) is 0 Å². The summed E-state index contributed by atoms with van der Waals surface area (Å²) in [4.78, 5) is 38.0. The summed E-state index contributed by atoms with van der Waals surface area (Å²) >= 11 is 0. The molecule has 0 heterocycles. The molecule has 534 valence electrons. The van der Waals surface area contributed by atoms with Crippen LogP contribution in [-0.2, 0) is 27.9 Å². The van der Waals surface area contributed by atoms with Crippen molar-refractivity contribution in [3.8, 4) is 0 Å². The molecule has 0 aromatic carbocycles. The Labute approximate surface area is 570 Å². The fourth-order valence-electron chi connectivity index (χ4n) is 11.3. The number of hydrogen-bond donors (Lipinski definition) is 2. The third-order valence-electron chi connectivity index (χ3n) is 17.3. The molecule has 3 unspecified atom stereocenters. The number of carbonyl (C=O) groups is 2. The maximum Gasteiger partial charge on any atom is 0.472 e. The van der Waals surface area contributed by atoms with Crippen LogP contribution in [0.5, 0.6) is 0 Å². The van der Waals surface area contributed by atoms with Gasteiger partial charge in [0.1, 0.15) is 19.3 Å². The molecular formula is C82H150N2O7P+. The number of allylic oxidation sites excluding steroid dienone is 15. The molecule has 92 heavy (non-hydrogen) atoms. The van der Waals surface area contributed by atoms with Crippen molar-refractivity contribution in [3.05, 3.63) is 97.2 Å². The number of esters is 1. The van der Waals surface area contributed by atoms with Crippen molar-refractivity contribution in [2.45, 2.75) is 373 Å². The number of nitrogens with one attached hydrogen (secondary N) is 1. The highest BCUT2D eigenvalue weighted by atomic mass is 31.2. The lowest BCUT2D eigenvalue weighted by Gasteiger charge is -2.27. The first-order valence-electron chi connectivity index (χ1n) is 39.1. The van der Waals surface area contributed by atoms with Gasteiger partial charge in [-0.2, -0.15) is 0 Å². The Morgan fingerprint density at radius 1 is 0.391 bits per heavy atom. The lowest BCUT2D eigenvalue weighted by molar-refractivity contribution is -0.870. The molecule has 0 bridgehead atoms. The van der Waals surface area contributed by atoms with Gasteiger partial charge in [-0.1, -0.05) is 337 Å². The minimum absolute atomic E-state index is 0.0377. The average molecular weight is 1310 g/mol. The number of hydrogen-bond acceptors (Lipinski definition) is 6. The van der Waals surface area contributed by atoms with E-state index in [1.165, 1.54) is 231 Å². The molecule has 0 aliphatic rings. The maximum absolute atomic E-state index is 13.7. The Balaban J connectivity index is 4.94. The van der Waals surface area contributed by atoms with E-state index in [1.54, 1.807) is 0 Å². The van der Waals surface area contributed by atoms with Gasteiger partial charge in [0.25, 0.3) is 0 Å². The summed E-state index contributed by atoms with van der Waals surface area (Å²) in [6.45, 7) is 6.91. The van der Waals surface area contributed by atoms with E-state index in [0.29, 0.717) is 23.9 Å². The quantitative estimate of drug-likeness (QED) is 0.0205. The van der Waals surface area contributed by atoms with Gasteiger partial charge >= 0.3 is 13.8 Å². The molecule has 9 nitrogen and oxygen atoms in total. The highest BCUT2D eigenvalue weighted by Gasteiger charge is 2.30. The standard InChI is InChI=1S/C82H149N2O7P/c1-7-10-13-16-19-22-25-28-30-32-34-36-38-40-42-44-46-48-50-52-54-56-59-62-65-68-71-74-81(85)83-79(78-90-92(87,88)89-77-76-84(4,5)6)80(73-70-67-64-61-58-27-24-21-18-15-12-9-3)91-82(86)75-72-69-66-63-60-57-55-53-51-49-47-45-43-41-39-37-35-33-31-29-26-23-20-17-14-11-8-2/h10,13,19-20,22-23,28-31,34,36,40,42,70,73,79-80H,7-9,11-12,14-18,21,24-27,32-33,35,37-39,41,43-69,71-72,74-78H2,1-6H3,(H-,83,85,87,88)/p+1/b13-10-,22-19-,23-20-,30-28-,31-29-,36-34-,42-40-,73-70+. The van der Waals surface area contributed by atoms with E-state index in [1.807, 2.05) is 33.3 Å². The topological polar surface area (TPSA) is 111 Å². The van der Waals surface area contributed by atoms with Crippen molar-refractivity contribution in [1.29, 1.82) is 0 Å². The molecule has 0 saturated heterocycles. The largest absolute Gasteiger partial charge is 0.472 e. The molecule has 0 aliphatic heterocycles. The molecule has 0 radical (unpaired) electrons. The van der Waals surface area contributed by atoms with Crippen molar-refractivity contribution in [2.24, 2.45) is 0 Å². The predicted molar refractivity (Wildman–Crippen MR) is 401 cm³/mol.